The molecule has 4 aromatic rings. The number of amides is 9. The number of aliphatic hydroxyl groups excluding tert-OH is 2. The zero-order valence-corrected chi connectivity index (χ0v) is 46.2. The van der Waals surface area contributed by atoms with Crippen molar-refractivity contribution in [1.29, 1.82) is 0 Å². The van der Waals surface area contributed by atoms with Crippen LogP contribution < -0.4 is 59.7 Å². The Morgan fingerprint density at radius 2 is 0.927 bits per heavy atom. The first-order valence-corrected chi connectivity index (χ1v) is 27.1. The fourth-order valence-electron chi connectivity index (χ4n) is 8.85. The maximum Gasteiger partial charge on any atom is 0.303 e. The summed E-state index contributed by atoms with van der Waals surface area (Å²) in [6.45, 7) is 3.94. The number of rotatable bonds is 35. The number of aliphatic hydroxyl groups is 2. The van der Waals surface area contributed by atoms with Crippen LogP contribution in [0, 0.1) is 0 Å². The minimum absolute atomic E-state index is 0.0837. The Bertz CT molecular complexity index is 2790. The lowest BCUT2D eigenvalue weighted by Gasteiger charge is -2.29. The maximum absolute atomic E-state index is 14.8. The molecule has 9 amide bonds. The van der Waals surface area contributed by atoms with Crippen LogP contribution in [-0.2, 0) is 67.2 Å². The number of fused-ring (bicyclic) bond motifs is 1. The summed E-state index contributed by atoms with van der Waals surface area (Å²) in [7, 11) is 0. The molecule has 0 aliphatic rings. The molecular formula is C56H78N12O14. The highest BCUT2D eigenvalue weighted by Gasteiger charge is 2.37. The number of aromatic amines is 1. The number of benzene rings is 3. The summed E-state index contributed by atoms with van der Waals surface area (Å²) in [5, 5.41) is 61.9. The van der Waals surface area contributed by atoms with Crippen molar-refractivity contribution in [3.8, 4) is 5.75 Å². The topological polar surface area (TPSA) is 442 Å². The molecule has 0 saturated heterocycles. The highest BCUT2D eigenvalue weighted by molar-refractivity contribution is 5.99. The third-order valence-electron chi connectivity index (χ3n) is 13.3. The van der Waals surface area contributed by atoms with Crippen molar-refractivity contribution in [2.24, 2.45) is 17.2 Å². The van der Waals surface area contributed by atoms with E-state index in [1.807, 2.05) is 18.2 Å². The quantitative estimate of drug-likeness (QED) is 0.0225. The number of unbranched alkanes of at least 4 members (excludes halogenated alkanes) is 2. The van der Waals surface area contributed by atoms with Crippen LogP contribution in [0.15, 0.2) is 85.1 Å². The van der Waals surface area contributed by atoms with Gasteiger partial charge in [-0.2, -0.15) is 0 Å². The predicted molar refractivity (Wildman–Crippen MR) is 300 cm³/mol. The maximum atomic E-state index is 14.8. The van der Waals surface area contributed by atoms with Gasteiger partial charge in [0, 0.05) is 49.7 Å². The highest BCUT2D eigenvalue weighted by Crippen LogP contribution is 2.20. The van der Waals surface area contributed by atoms with E-state index >= 15 is 0 Å². The molecule has 0 unspecified atom stereocenters. The first kappa shape index (κ1) is 66.1. The summed E-state index contributed by atoms with van der Waals surface area (Å²) < 4.78 is 0. The van der Waals surface area contributed by atoms with Crippen molar-refractivity contribution in [2.75, 3.05) is 13.1 Å². The molecule has 3 aromatic carbocycles. The van der Waals surface area contributed by atoms with Crippen molar-refractivity contribution < 1.29 is 68.4 Å². The van der Waals surface area contributed by atoms with Gasteiger partial charge in [-0.05, 0) is 107 Å². The van der Waals surface area contributed by atoms with Crippen LogP contribution >= 0.6 is 0 Å². The lowest BCUT2D eigenvalue weighted by atomic mass is 10.00. The van der Waals surface area contributed by atoms with Crippen molar-refractivity contribution >= 4 is 70.0 Å². The molecule has 10 atom stereocenters. The number of aliphatic carboxylic acids is 1. The molecule has 1 heterocycles. The summed E-state index contributed by atoms with van der Waals surface area (Å²) in [5.74, 6) is -9.64. The van der Waals surface area contributed by atoms with E-state index in [1.165, 1.54) is 31.2 Å². The summed E-state index contributed by atoms with van der Waals surface area (Å²) in [4.78, 5) is 138. The third-order valence-corrected chi connectivity index (χ3v) is 13.3. The van der Waals surface area contributed by atoms with Gasteiger partial charge in [-0.15, -0.1) is 0 Å². The van der Waals surface area contributed by atoms with Crippen LogP contribution in [0.2, 0.25) is 0 Å². The second kappa shape index (κ2) is 33.3. The average molecular weight is 1140 g/mol. The Morgan fingerprint density at radius 3 is 1.41 bits per heavy atom. The molecule has 0 aliphatic heterocycles. The summed E-state index contributed by atoms with van der Waals surface area (Å²) in [5.41, 5.74) is 19.4. The number of para-hydroxylation sites is 1. The number of aromatic hydroxyl groups is 1. The Balaban J connectivity index is 1.66. The number of carbonyl (C=O) groups excluding carboxylic acids is 9. The Kier molecular flexibility index (Phi) is 26.8. The molecular weight excluding hydrogens is 1060 g/mol. The van der Waals surface area contributed by atoms with Crippen molar-refractivity contribution in [1.82, 2.24) is 47.5 Å². The van der Waals surface area contributed by atoms with E-state index in [-0.39, 0.29) is 57.2 Å². The number of phenolic OH excluding ortho intramolecular Hbond substituents is 1. The van der Waals surface area contributed by atoms with Crippen LogP contribution in [0.1, 0.15) is 88.8 Å². The van der Waals surface area contributed by atoms with Crippen LogP contribution in [0.5, 0.6) is 5.75 Å². The molecule has 26 nitrogen and oxygen atoms in total. The van der Waals surface area contributed by atoms with E-state index < -0.39 is 126 Å². The number of nitrogens with two attached hydrogens (primary N) is 3. The van der Waals surface area contributed by atoms with Crippen molar-refractivity contribution in [3.63, 3.8) is 0 Å². The zero-order chi connectivity index (χ0) is 60.5. The summed E-state index contributed by atoms with van der Waals surface area (Å²) in [6.07, 6.45) is -1.34. The van der Waals surface area contributed by atoms with Gasteiger partial charge < -0.3 is 85.1 Å². The highest BCUT2D eigenvalue weighted by atomic mass is 16.4. The summed E-state index contributed by atoms with van der Waals surface area (Å²) in [6, 6.07) is 9.46. The van der Waals surface area contributed by atoms with E-state index in [0.717, 1.165) is 24.8 Å². The third kappa shape index (κ3) is 21.5. The van der Waals surface area contributed by atoms with E-state index in [0.29, 0.717) is 42.5 Å². The van der Waals surface area contributed by atoms with Crippen molar-refractivity contribution in [3.05, 3.63) is 102 Å². The van der Waals surface area contributed by atoms with Crippen LogP contribution in [0.25, 0.3) is 10.9 Å². The van der Waals surface area contributed by atoms with Crippen LogP contribution in [0.3, 0.4) is 0 Å². The minimum Gasteiger partial charge on any atom is -0.508 e. The van der Waals surface area contributed by atoms with Gasteiger partial charge in [-0.3, -0.25) is 47.9 Å². The van der Waals surface area contributed by atoms with Gasteiger partial charge in [0.1, 0.15) is 54.1 Å². The van der Waals surface area contributed by atoms with Crippen LogP contribution in [-0.4, -0.2) is 158 Å². The Labute approximate surface area is 474 Å². The number of phenols is 1. The Hall–Kier alpha value is -8.46. The molecule has 0 bridgehead atoms. The fraction of sp³-hybridized carbons (Fsp3) is 0.464. The minimum atomic E-state index is -1.83. The number of carboxylic acid groups (broad SMARTS) is 1. The first-order chi connectivity index (χ1) is 39.0. The Morgan fingerprint density at radius 1 is 0.500 bits per heavy atom. The van der Waals surface area contributed by atoms with E-state index in [2.05, 4.69) is 47.5 Å². The van der Waals surface area contributed by atoms with Crippen LogP contribution in [0.4, 0.5) is 0 Å². The lowest BCUT2D eigenvalue weighted by Crippen LogP contribution is -2.63. The normalized spacial score (nSPS) is 14.8. The second-order valence-corrected chi connectivity index (χ2v) is 20.0. The first-order valence-electron chi connectivity index (χ1n) is 27.1. The molecule has 0 saturated carbocycles. The van der Waals surface area contributed by atoms with Gasteiger partial charge in [0.15, 0.2) is 0 Å². The van der Waals surface area contributed by atoms with Gasteiger partial charge >= 0.3 is 5.97 Å². The molecule has 0 aliphatic carbocycles. The predicted octanol–water partition coefficient (Wildman–Crippen LogP) is -1.83. The molecule has 446 valence electrons. The molecule has 0 spiro atoms. The number of carbonyl (C=O) groups is 10. The van der Waals surface area contributed by atoms with E-state index in [9.17, 15) is 68.4 Å². The largest absolute Gasteiger partial charge is 0.508 e. The molecule has 0 fully saturated rings. The smallest absolute Gasteiger partial charge is 0.303 e. The zero-order valence-electron chi connectivity index (χ0n) is 46.2. The van der Waals surface area contributed by atoms with Crippen molar-refractivity contribution in [2.45, 2.75) is 152 Å². The second-order valence-electron chi connectivity index (χ2n) is 20.0. The fourth-order valence-corrected chi connectivity index (χ4v) is 8.85. The van der Waals surface area contributed by atoms with E-state index in [1.54, 1.807) is 42.6 Å². The number of nitrogens with one attached hydrogen (secondary N) is 9. The van der Waals surface area contributed by atoms with Gasteiger partial charge in [0.2, 0.25) is 53.2 Å². The molecule has 82 heavy (non-hydrogen) atoms. The van der Waals surface area contributed by atoms with Gasteiger partial charge in [0.05, 0.1) is 12.2 Å². The number of H-pyrrole nitrogens is 1. The average Bonchev–Trinajstić information content (AvgIpc) is 3.84. The molecule has 19 N–H and O–H groups in total. The number of hydrogen-bond donors (Lipinski definition) is 16. The summed E-state index contributed by atoms with van der Waals surface area (Å²) >= 11 is 0. The SMILES string of the molecule is CC(=O)N[C@@H](CCC(=O)O)C(=O)N[C@H](C(=O)N[C@@H](CCCCN)C(=O)N[C@H](C(=O)N[C@@H](Cc1ccc(O)cc1)C(=O)N[C@@H](Cc1ccccc1)C(=O)N[C@@H](Cc1c[nH]c2ccccc12)C(=O)N[C@@H](CCCCN)C(N)=O)[C@@H](C)O)[C@@H](C)O. The van der Waals surface area contributed by atoms with Gasteiger partial charge in [-0.1, -0.05) is 60.7 Å². The monoisotopic (exact) mass is 1140 g/mol. The number of carboxylic acids is 1. The number of primary amides is 1. The number of aromatic nitrogens is 1. The molecule has 0 radical (unpaired) electrons. The molecule has 1 aromatic heterocycles. The number of hydrogen-bond acceptors (Lipinski definition) is 15. The van der Waals surface area contributed by atoms with E-state index in [4.69, 9.17) is 17.2 Å². The molecule has 26 heteroatoms. The molecule has 4 rings (SSSR count). The lowest BCUT2D eigenvalue weighted by molar-refractivity contribution is -0.139. The van der Waals surface area contributed by atoms with Gasteiger partial charge in [0.25, 0.3) is 0 Å². The van der Waals surface area contributed by atoms with Gasteiger partial charge in [-0.25, -0.2) is 0 Å². The standard InChI is InChI=1S/C56H78N12O14/c1-31(69)47(68-51(77)42(61-33(3)71)23-24-46(73)74)55(81)63-41(18-10-12-26-58)50(76)67-48(32(2)70)56(82)66-44(28-35-19-21-37(72)22-20-35)53(79)64-43(27-34-13-5-4-6-14-34)52(78)65-45(29-36-30-60-39-16-8-7-15-38(36)39)54(80)62-40(49(59)75)17-9-11-25-57/h4-8,13-16,19-22,30-32,40-45,47-48,60,69-70,72H,9-12,17-18,23-29,57-58H2,1-3H3,(H2,59,75)(H,61,71)(H,62,80)(H,63,81)(H,64,79)(H,65,78)(H,66,82)(H,67,76)(H,68,77)(H,73,74)/t31-,32-,40+,41+,42+,43+,44+,45+,47+,48+/m1/s1.